The molecule has 2 aromatic rings. The average Bonchev–Trinajstić information content (AvgIpc) is 2.69. The van der Waals surface area contributed by atoms with Crippen LogP contribution in [0.5, 0.6) is 11.5 Å². The third-order valence-corrected chi connectivity index (χ3v) is 4.16. The van der Waals surface area contributed by atoms with Crippen LogP contribution in [0.1, 0.15) is 26.3 Å². The molecule has 0 amide bonds. The van der Waals surface area contributed by atoms with Crippen LogP contribution >= 0.6 is 0 Å². The van der Waals surface area contributed by atoms with Crippen LogP contribution in [0, 0.1) is 0 Å². The molecule has 2 aromatic carbocycles. The maximum atomic E-state index is 12.8. The molecule has 0 aliphatic heterocycles. The number of ether oxygens (including phenoxy) is 3. The van der Waals surface area contributed by atoms with Crippen LogP contribution in [0.2, 0.25) is 0 Å². The molecule has 0 unspecified atom stereocenters. The zero-order chi connectivity index (χ0) is 18.7. The monoisotopic (exact) mass is 353 g/mol. The van der Waals surface area contributed by atoms with Crippen LogP contribution in [0.4, 0.5) is 0 Å². The smallest absolute Gasteiger partial charge is 0.230 e. The number of benzene rings is 2. The summed E-state index contributed by atoms with van der Waals surface area (Å²) >= 11 is 0. The Kier molecular flexibility index (Phi) is 4.93. The van der Waals surface area contributed by atoms with Gasteiger partial charge in [-0.3, -0.25) is 9.59 Å². The number of fused-ring (bicyclic) bond motifs is 1. The number of Topliss-reactive ketones (excluding diaryl/α,β-unsaturated/α-hetero) is 2. The minimum absolute atomic E-state index is 0.0172. The molecule has 1 N–H and O–H groups in total. The van der Waals surface area contributed by atoms with E-state index in [9.17, 15) is 9.59 Å². The second kappa shape index (κ2) is 7.31. The van der Waals surface area contributed by atoms with E-state index in [1.54, 1.807) is 44.6 Å². The summed E-state index contributed by atoms with van der Waals surface area (Å²) in [6, 6.07) is 12.1. The Morgan fingerprint density at radius 3 is 1.92 bits per heavy atom. The Balaban J connectivity index is 1.91. The molecule has 0 saturated heterocycles. The van der Waals surface area contributed by atoms with Crippen molar-refractivity contribution in [3.8, 4) is 11.5 Å². The molecule has 1 aliphatic rings. The highest BCUT2D eigenvalue weighted by atomic mass is 16.5. The van der Waals surface area contributed by atoms with Gasteiger partial charge in [0.1, 0.15) is 17.2 Å². The third-order valence-electron chi connectivity index (χ3n) is 4.16. The summed E-state index contributed by atoms with van der Waals surface area (Å²) in [5.74, 6) is 0.709. The van der Waals surface area contributed by atoms with Crippen LogP contribution in [0.3, 0.4) is 0 Å². The van der Waals surface area contributed by atoms with Crippen molar-refractivity contribution in [1.82, 2.24) is 5.32 Å². The van der Waals surface area contributed by atoms with Crippen molar-refractivity contribution in [3.63, 3.8) is 0 Å². The highest BCUT2D eigenvalue weighted by molar-refractivity contribution is 6.25. The van der Waals surface area contributed by atoms with E-state index in [4.69, 9.17) is 14.2 Å². The minimum Gasteiger partial charge on any atom is -0.497 e. The fraction of sp³-hybridized carbons (Fsp3) is 0.200. The van der Waals surface area contributed by atoms with Gasteiger partial charge in [-0.15, -0.1) is 0 Å². The first kappa shape index (κ1) is 17.5. The molecule has 0 spiro atoms. The molecular weight excluding hydrogens is 334 g/mol. The van der Waals surface area contributed by atoms with Gasteiger partial charge in [-0.25, -0.2) is 0 Å². The SMILES string of the molecule is COC1=C(NCc2cc(OC)cc(OC)c2)C(=O)c2ccccc2C1=O. The van der Waals surface area contributed by atoms with E-state index >= 15 is 0 Å². The summed E-state index contributed by atoms with van der Waals surface area (Å²) in [7, 11) is 4.51. The number of allylic oxidation sites excluding steroid dienone is 2. The molecule has 0 fully saturated rings. The molecule has 1 aliphatic carbocycles. The predicted octanol–water partition coefficient (Wildman–Crippen LogP) is 2.73. The number of carbonyl (C=O) groups excluding carboxylic acids is 2. The normalized spacial score (nSPS) is 13.3. The number of ketones is 2. The lowest BCUT2D eigenvalue weighted by Crippen LogP contribution is -2.31. The first-order valence-corrected chi connectivity index (χ1v) is 8.01. The van der Waals surface area contributed by atoms with E-state index in [-0.39, 0.29) is 23.0 Å². The van der Waals surface area contributed by atoms with E-state index in [1.807, 2.05) is 12.1 Å². The number of carbonyl (C=O) groups is 2. The van der Waals surface area contributed by atoms with Crippen molar-refractivity contribution in [2.45, 2.75) is 6.54 Å². The number of hydrogen-bond acceptors (Lipinski definition) is 6. The highest BCUT2D eigenvalue weighted by Crippen LogP contribution is 2.27. The van der Waals surface area contributed by atoms with Gasteiger partial charge in [-0.05, 0) is 17.7 Å². The molecule has 0 heterocycles. The Hall–Kier alpha value is -3.28. The molecule has 0 aromatic heterocycles. The Morgan fingerprint density at radius 2 is 1.38 bits per heavy atom. The lowest BCUT2D eigenvalue weighted by Gasteiger charge is -2.21. The van der Waals surface area contributed by atoms with Gasteiger partial charge >= 0.3 is 0 Å². The van der Waals surface area contributed by atoms with Crippen LogP contribution in [-0.2, 0) is 11.3 Å². The molecule has 134 valence electrons. The molecule has 0 bridgehead atoms. The topological polar surface area (TPSA) is 73.9 Å². The summed E-state index contributed by atoms with van der Waals surface area (Å²) in [6.45, 7) is 0.303. The van der Waals surface area contributed by atoms with E-state index < -0.39 is 0 Å². The lowest BCUT2D eigenvalue weighted by atomic mass is 9.91. The number of nitrogens with one attached hydrogen (secondary N) is 1. The minimum atomic E-state index is -0.312. The quantitative estimate of drug-likeness (QED) is 0.861. The van der Waals surface area contributed by atoms with E-state index in [2.05, 4.69) is 5.32 Å². The fourth-order valence-electron chi connectivity index (χ4n) is 2.87. The van der Waals surface area contributed by atoms with Gasteiger partial charge in [0.25, 0.3) is 0 Å². The average molecular weight is 353 g/mol. The molecule has 6 nitrogen and oxygen atoms in total. The van der Waals surface area contributed by atoms with Gasteiger partial charge in [-0.2, -0.15) is 0 Å². The van der Waals surface area contributed by atoms with Gasteiger partial charge in [0.05, 0.1) is 21.3 Å². The summed E-state index contributed by atoms with van der Waals surface area (Å²) in [5.41, 5.74) is 1.70. The zero-order valence-corrected chi connectivity index (χ0v) is 14.8. The standard InChI is InChI=1S/C20H19NO5/c1-24-13-8-12(9-14(10-13)25-2)11-21-17-18(22)15-6-4-5-7-16(15)19(23)20(17)26-3/h4-10,21H,11H2,1-3H3. The van der Waals surface area contributed by atoms with Crippen LogP contribution in [0.25, 0.3) is 0 Å². The molecule has 0 radical (unpaired) electrons. The summed E-state index contributed by atoms with van der Waals surface area (Å²) < 4.78 is 15.7. The zero-order valence-electron chi connectivity index (χ0n) is 14.8. The van der Waals surface area contributed by atoms with Gasteiger partial charge < -0.3 is 19.5 Å². The Labute approximate surface area is 151 Å². The first-order chi connectivity index (χ1) is 12.6. The largest absolute Gasteiger partial charge is 0.497 e. The summed E-state index contributed by atoms with van der Waals surface area (Å²) in [6.07, 6.45) is 0. The van der Waals surface area contributed by atoms with E-state index in [1.165, 1.54) is 7.11 Å². The molecule has 0 atom stereocenters. The second-order valence-corrected chi connectivity index (χ2v) is 5.69. The predicted molar refractivity (Wildman–Crippen MR) is 95.5 cm³/mol. The van der Waals surface area contributed by atoms with Crippen LogP contribution in [-0.4, -0.2) is 32.9 Å². The number of rotatable bonds is 6. The van der Waals surface area contributed by atoms with E-state index in [0.717, 1.165) is 5.56 Å². The van der Waals surface area contributed by atoms with Gasteiger partial charge in [-0.1, -0.05) is 24.3 Å². The Bertz CT molecular complexity index is 879. The molecular formula is C20H19NO5. The van der Waals surface area contributed by atoms with Crippen LogP contribution < -0.4 is 14.8 Å². The summed E-state index contributed by atoms with van der Waals surface area (Å²) in [5, 5.41) is 3.04. The fourth-order valence-corrected chi connectivity index (χ4v) is 2.87. The molecule has 3 rings (SSSR count). The Morgan fingerprint density at radius 1 is 0.808 bits per heavy atom. The van der Waals surface area contributed by atoms with Crippen molar-refractivity contribution >= 4 is 11.6 Å². The van der Waals surface area contributed by atoms with Crippen LogP contribution in [0.15, 0.2) is 53.9 Å². The van der Waals surface area contributed by atoms with Crippen molar-refractivity contribution in [2.75, 3.05) is 21.3 Å². The lowest BCUT2D eigenvalue weighted by molar-refractivity contribution is 0.0899. The molecule has 6 heteroatoms. The van der Waals surface area contributed by atoms with Crippen molar-refractivity contribution in [1.29, 1.82) is 0 Å². The number of methoxy groups -OCH3 is 3. The maximum Gasteiger partial charge on any atom is 0.230 e. The van der Waals surface area contributed by atoms with Crippen molar-refractivity contribution in [3.05, 3.63) is 70.6 Å². The first-order valence-electron chi connectivity index (χ1n) is 8.01. The molecule has 26 heavy (non-hydrogen) atoms. The van der Waals surface area contributed by atoms with Crippen molar-refractivity contribution in [2.24, 2.45) is 0 Å². The van der Waals surface area contributed by atoms with Gasteiger partial charge in [0.2, 0.25) is 11.6 Å². The van der Waals surface area contributed by atoms with Gasteiger partial charge in [0, 0.05) is 23.7 Å². The third kappa shape index (κ3) is 3.13. The van der Waals surface area contributed by atoms with Gasteiger partial charge in [0.15, 0.2) is 5.76 Å². The highest BCUT2D eigenvalue weighted by Gasteiger charge is 2.33. The summed E-state index contributed by atoms with van der Waals surface area (Å²) in [4.78, 5) is 25.4. The second-order valence-electron chi connectivity index (χ2n) is 5.69. The van der Waals surface area contributed by atoms with E-state index in [0.29, 0.717) is 29.2 Å². The number of hydrogen-bond donors (Lipinski definition) is 1. The molecule has 0 saturated carbocycles. The van der Waals surface area contributed by atoms with Crippen molar-refractivity contribution < 1.29 is 23.8 Å². The maximum absolute atomic E-state index is 12.8.